The normalized spacial score (nSPS) is 14.7. The van der Waals surface area contributed by atoms with Crippen molar-refractivity contribution in [2.75, 3.05) is 44.2 Å². The van der Waals surface area contributed by atoms with E-state index in [1.807, 2.05) is 0 Å². The van der Waals surface area contributed by atoms with Crippen LogP contribution in [0, 0.1) is 5.82 Å². The summed E-state index contributed by atoms with van der Waals surface area (Å²) in [7, 11) is -3.57. The van der Waals surface area contributed by atoms with Gasteiger partial charge in [-0.1, -0.05) is 31.6 Å². The summed E-state index contributed by atoms with van der Waals surface area (Å²) in [5.74, 6) is -0.613. The first-order valence-corrected chi connectivity index (χ1v) is 14.3. The van der Waals surface area contributed by atoms with Crippen LogP contribution in [0.15, 0.2) is 47.4 Å². The van der Waals surface area contributed by atoms with Crippen LogP contribution in [0.5, 0.6) is 0 Å². The number of nitrogens with zero attached hydrogens (tertiary/aromatic N) is 4. The van der Waals surface area contributed by atoms with Crippen LogP contribution in [0.2, 0.25) is 0 Å². The Morgan fingerprint density at radius 2 is 1.69 bits per heavy atom. The van der Waals surface area contributed by atoms with E-state index in [0.29, 0.717) is 47.1 Å². The Kier molecular flexibility index (Phi) is 9.82. The second-order valence-electron chi connectivity index (χ2n) is 8.58. The summed E-state index contributed by atoms with van der Waals surface area (Å²) in [6.45, 7) is 7.97. The maximum atomic E-state index is 13.7. The maximum Gasteiger partial charge on any atom is 0.260 e. The molecule has 1 aliphatic rings. The van der Waals surface area contributed by atoms with Gasteiger partial charge in [0, 0.05) is 31.7 Å². The second kappa shape index (κ2) is 12.4. The summed E-state index contributed by atoms with van der Waals surface area (Å²) in [5.41, 5.74) is 1.02. The number of carbonyl (C=O) groups is 1. The van der Waals surface area contributed by atoms with Crippen molar-refractivity contribution < 1.29 is 17.6 Å². The molecule has 4 rings (SSSR count). The Bertz CT molecular complexity index is 1270. The molecule has 196 valence electrons. The third-order valence-corrected chi connectivity index (χ3v) is 9.36. The first kappa shape index (κ1) is 28.5. The number of amides is 1. The van der Waals surface area contributed by atoms with Gasteiger partial charge in [0.1, 0.15) is 5.82 Å². The molecule has 0 aliphatic carbocycles. The van der Waals surface area contributed by atoms with Crippen molar-refractivity contribution in [2.45, 2.75) is 38.0 Å². The number of anilines is 1. The van der Waals surface area contributed by atoms with Crippen LogP contribution in [0.4, 0.5) is 9.52 Å². The molecule has 3 aromatic rings. The largest absolute Gasteiger partial charge is 0.302 e. The third kappa shape index (κ3) is 6.23. The molecule has 0 spiro atoms. The smallest absolute Gasteiger partial charge is 0.260 e. The lowest BCUT2D eigenvalue weighted by Gasteiger charge is -2.26. The van der Waals surface area contributed by atoms with Crippen LogP contribution in [0.1, 0.15) is 43.5 Å². The van der Waals surface area contributed by atoms with E-state index in [2.05, 4.69) is 23.7 Å². The number of carbonyl (C=O) groups excluding carboxylic acids is 1. The Morgan fingerprint density at radius 1 is 1.03 bits per heavy atom. The number of rotatable bonds is 9. The van der Waals surface area contributed by atoms with E-state index in [9.17, 15) is 17.6 Å². The van der Waals surface area contributed by atoms with E-state index in [1.54, 1.807) is 23.1 Å². The zero-order valence-electron chi connectivity index (χ0n) is 20.5. The minimum atomic E-state index is -3.57. The number of benzene rings is 2. The van der Waals surface area contributed by atoms with E-state index in [4.69, 9.17) is 0 Å². The minimum absolute atomic E-state index is 0. The van der Waals surface area contributed by atoms with Crippen LogP contribution < -0.4 is 4.90 Å². The predicted octanol–water partition coefficient (Wildman–Crippen LogP) is 5.02. The molecule has 1 amide bonds. The summed E-state index contributed by atoms with van der Waals surface area (Å²) in [4.78, 5) is 22.2. The number of fused-ring (bicyclic) bond motifs is 1. The number of hydrogen-bond donors (Lipinski definition) is 0. The van der Waals surface area contributed by atoms with Crippen molar-refractivity contribution in [2.24, 2.45) is 0 Å². The number of aromatic nitrogens is 1. The average Bonchev–Trinajstić information content (AvgIpc) is 3.29. The highest BCUT2D eigenvalue weighted by Crippen LogP contribution is 2.30. The van der Waals surface area contributed by atoms with Gasteiger partial charge in [-0.2, -0.15) is 4.31 Å². The van der Waals surface area contributed by atoms with Gasteiger partial charge >= 0.3 is 0 Å². The van der Waals surface area contributed by atoms with Crippen molar-refractivity contribution >= 4 is 55.0 Å². The van der Waals surface area contributed by atoms with E-state index in [0.717, 1.165) is 32.4 Å². The standard InChI is InChI=1S/C25H31FN4O3S2.ClH/c1-3-28(4-2)16-17-30(25-27-22-13-10-20(26)18-23(22)34-25)24(31)19-8-11-21(12-9-19)35(32,33)29-14-6-5-7-15-29;/h8-13,18H,3-7,14-17H2,1-2H3;1H. The van der Waals surface area contributed by atoms with Crippen molar-refractivity contribution in [1.82, 2.24) is 14.2 Å². The zero-order valence-corrected chi connectivity index (χ0v) is 23.0. The first-order valence-electron chi connectivity index (χ1n) is 12.0. The molecule has 0 saturated carbocycles. The first-order chi connectivity index (χ1) is 16.8. The number of thiazole rings is 1. The Hall–Kier alpha value is -2.11. The average molecular weight is 555 g/mol. The number of halogens is 2. The molecule has 0 radical (unpaired) electrons. The van der Waals surface area contributed by atoms with Gasteiger partial charge in [0.25, 0.3) is 5.91 Å². The molecular formula is C25H32ClFN4O3S2. The van der Waals surface area contributed by atoms with E-state index in [1.165, 1.54) is 39.9 Å². The molecule has 0 N–H and O–H groups in total. The van der Waals surface area contributed by atoms with E-state index < -0.39 is 10.0 Å². The monoisotopic (exact) mass is 554 g/mol. The summed E-state index contributed by atoms with van der Waals surface area (Å²) in [5, 5.41) is 0.493. The molecule has 11 heteroatoms. The lowest BCUT2D eigenvalue weighted by atomic mass is 10.2. The second-order valence-corrected chi connectivity index (χ2v) is 11.5. The van der Waals surface area contributed by atoms with Gasteiger partial charge in [-0.25, -0.2) is 17.8 Å². The fourth-order valence-electron chi connectivity index (χ4n) is 4.25. The molecule has 0 atom stereocenters. The van der Waals surface area contributed by atoms with Gasteiger partial charge in [0.05, 0.1) is 15.1 Å². The molecule has 1 saturated heterocycles. The van der Waals surface area contributed by atoms with Gasteiger partial charge in [-0.15, -0.1) is 12.4 Å². The minimum Gasteiger partial charge on any atom is -0.302 e. The Morgan fingerprint density at radius 3 is 2.33 bits per heavy atom. The summed E-state index contributed by atoms with van der Waals surface area (Å²) in [6, 6.07) is 10.5. The summed E-state index contributed by atoms with van der Waals surface area (Å²) < 4.78 is 41.9. The quantitative estimate of drug-likeness (QED) is 0.371. The molecular weight excluding hydrogens is 523 g/mol. The molecule has 0 unspecified atom stereocenters. The fraction of sp³-hybridized carbons (Fsp3) is 0.440. The van der Waals surface area contributed by atoms with Gasteiger partial charge in [-0.05, 0) is 68.4 Å². The number of sulfonamides is 1. The van der Waals surface area contributed by atoms with Gasteiger partial charge in [0.15, 0.2) is 5.13 Å². The molecule has 7 nitrogen and oxygen atoms in total. The number of likely N-dealkylation sites (N-methyl/N-ethyl adjacent to an activating group) is 1. The highest BCUT2D eigenvalue weighted by Gasteiger charge is 2.27. The Balaban J connectivity index is 0.00000361. The molecule has 1 aliphatic heterocycles. The highest BCUT2D eigenvalue weighted by molar-refractivity contribution is 7.89. The topological polar surface area (TPSA) is 73.8 Å². The third-order valence-electron chi connectivity index (χ3n) is 6.40. The fourth-order valence-corrected chi connectivity index (χ4v) is 6.78. The molecule has 0 bridgehead atoms. The predicted molar refractivity (Wildman–Crippen MR) is 145 cm³/mol. The van der Waals surface area contributed by atoms with Crippen molar-refractivity contribution in [3.63, 3.8) is 0 Å². The number of piperidine rings is 1. The summed E-state index contributed by atoms with van der Waals surface area (Å²) in [6.07, 6.45) is 2.77. The van der Waals surface area contributed by atoms with Crippen LogP contribution in [-0.4, -0.2) is 67.8 Å². The lowest BCUT2D eigenvalue weighted by molar-refractivity contribution is 0.0983. The van der Waals surface area contributed by atoms with Gasteiger partial charge in [0.2, 0.25) is 10.0 Å². The van der Waals surface area contributed by atoms with Crippen LogP contribution in [0.3, 0.4) is 0 Å². The van der Waals surface area contributed by atoms with E-state index in [-0.39, 0.29) is 29.0 Å². The molecule has 2 aromatic carbocycles. The lowest BCUT2D eigenvalue weighted by Crippen LogP contribution is -2.39. The molecule has 1 aromatic heterocycles. The summed E-state index contributed by atoms with van der Waals surface area (Å²) >= 11 is 1.27. The van der Waals surface area contributed by atoms with Crippen molar-refractivity contribution in [3.8, 4) is 0 Å². The molecule has 36 heavy (non-hydrogen) atoms. The van der Waals surface area contributed by atoms with E-state index >= 15 is 0 Å². The molecule has 2 heterocycles. The zero-order chi connectivity index (χ0) is 25.0. The van der Waals surface area contributed by atoms with Gasteiger partial charge in [-0.3, -0.25) is 9.69 Å². The van der Waals surface area contributed by atoms with Crippen molar-refractivity contribution in [3.05, 3.63) is 53.8 Å². The highest BCUT2D eigenvalue weighted by atomic mass is 35.5. The SMILES string of the molecule is CCN(CC)CCN(C(=O)c1ccc(S(=O)(=O)N2CCCCC2)cc1)c1nc2ccc(F)cc2s1.Cl. The van der Waals surface area contributed by atoms with Crippen LogP contribution in [0.25, 0.3) is 10.2 Å². The number of hydrogen-bond acceptors (Lipinski definition) is 6. The molecule has 1 fully saturated rings. The Labute approximate surface area is 222 Å². The van der Waals surface area contributed by atoms with Gasteiger partial charge < -0.3 is 4.90 Å². The van der Waals surface area contributed by atoms with Crippen LogP contribution in [-0.2, 0) is 10.0 Å². The van der Waals surface area contributed by atoms with Crippen LogP contribution >= 0.6 is 23.7 Å². The maximum absolute atomic E-state index is 13.7. The van der Waals surface area contributed by atoms with Crippen molar-refractivity contribution in [1.29, 1.82) is 0 Å².